The SMILES string of the molecule is C[C@H](CN1CCOCC1)C(=O)N1CCC2(CCCCCC2)C1. The van der Waals surface area contributed by atoms with E-state index in [2.05, 4.69) is 16.7 Å². The second-order valence-electron chi connectivity index (χ2n) is 7.74. The van der Waals surface area contributed by atoms with Crippen LogP contribution in [0.15, 0.2) is 0 Å². The molecule has 0 radical (unpaired) electrons. The summed E-state index contributed by atoms with van der Waals surface area (Å²) in [7, 11) is 0. The summed E-state index contributed by atoms with van der Waals surface area (Å²) in [6.07, 6.45) is 9.44. The molecule has 0 bridgehead atoms. The molecule has 126 valence electrons. The number of ether oxygens (including phenoxy) is 1. The first-order chi connectivity index (χ1) is 10.7. The van der Waals surface area contributed by atoms with Gasteiger partial charge < -0.3 is 9.64 Å². The fraction of sp³-hybridized carbons (Fsp3) is 0.944. The maximum Gasteiger partial charge on any atom is 0.226 e. The normalized spacial score (nSPS) is 27.8. The lowest BCUT2D eigenvalue weighted by molar-refractivity contribution is -0.135. The van der Waals surface area contributed by atoms with E-state index in [9.17, 15) is 4.79 Å². The Kier molecular flexibility index (Phi) is 5.40. The Bertz CT molecular complexity index is 371. The summed E-state index contributed by atoms with van der Waals surface area (Å²) in [4.78, 5) is 17.4. The molecule has 4 heteroatoms. The first-order valence-electron chi connectivity index (χ1n) is 9.27. The minimum absolute atomic E-state index is 0.124. The number of morpholine rings is 1. The Balaban J connectivity index is 1.51. The van der Waals surface area contributed by atoms with E-state index < -0.39 is 0 Å². The maximum atomic E-state index is 12.8. The molecule has 22 heavy (non-hydrogen) atoms. The molecule has 0 aromatic carbocycles. The number of rotatable bonds is 3. The summed E-state index contributed by atoms with van der Waals surface area (Å²) in [5.74, 6) is 0.506. The van der Waals surface area contributed by atoms with Gasteiger partial charge in [-0.1, -0.05) is 32.6 Å². The lowest BCUT2D eigenvalue weighted by atomic mass is 9.80. The monoisotopic (exact) mass is 308 g/mol. The third-order valence-electron chi connectivity index (χ3n) is 5.97. The quantitative estimate of drug-likeness (QED) is 0.803. The van der Waals surface area contributed by atoms with Gasteiger partial charge in [-0.3, -0.25) is 9.69 Å². The first kappa shape index (κ1) is 16.3. The van der Waals surface area contributed by atoms with Crippen LogP contribution in [-0.4, -0.2) is 61.6 Å². The molecule has 1 aliphatic carbocycles. The lowest BCUT2D eigenvalue weighted by Crippen LogP contribution is -2.44. The number of likely N-dealkylation sites (tertiary alicyclic amines) is 1. The van der Waals surface area contributed by atoms with Gasteiger partial charge in [0, 0.05) is 38.6 Å². The average Bonchev–Trinajstić information content (AvgIpc) is 2.81. The molecule has 2 saturated heterocycles. The Labute approximate surface area is 135 Å². The molecular formula is C18H32N2O2. The van der Waals surface area contributed by atoms with Crippen LogP contribution in [0.5, 0.6) is 0 Å². The van der Waals surface area contributed by atoms with E-state index >= 15 is 0 Å². The molecular weight excluding hydrogens is 276 g/mol. The zero-order valence-electron chi connectivity index (χ0n) is 14.2. The van der Waals surface area contributed by atoms with Crippen LogP contribution in [-0.2, 0) is 9.53 Å². The second-order valence-corrected chi connectivity index (χ2v) is 7.74. The van der Waals surface area contributed by atoms with Gasteiger partial charge in [0.15, 0.2) is 0 Å². The fourth-order valence-corrected chi connectivity index (χ4v) is 4.57. The van der Waals surface area contributed by atoms with Crippen LogP contribution in [0.25, 0.3) is 0 Å². The number of hydrogen-bond donors (Lipinski definition) is 0. The van der Waals surface area contributed by atoms with E-state index in [1.165, 1.54) is 44.9 Å². The molecule has 0 unspecified atom stereocenters. The maximum absolute atomic E-state index is 12.8. The van der Waals surface area contributed by atoms with Gasteiger partial charge in [-0.05, 0) is 24.7 Å². The number of hydrogen-bond acceptors (Lipinski definition) is 3. The highest BCUT2D eigenvalue weighted by Gasteiger charge is 2.40. The van der Waals surface area contributed by atoms with Crippen LogP contribution in [0.1, 0.15) is 51.9 Å². The summed E-state index contributed by atoms with van der Waals surface area (Å²) in [5, 5.41) is 0. The van der Waals surface area contributed by atoms with Gasteiger partial charge in [0.25, 0.3) is 0 Å². The lowest BCUT2D eigenvalue weighted by Gasteiger charge is -2.31. The van der Waals surface area contributed by atoms with Crippen LogP contribution in [0.4, 0.5) is 0 Å². The molecule has 2 aliphatic heterocycles. The van der Waals surface area contributed by atoms with Crippen molar-refractivity contribution in [1.82, 2.24) is 9.80 Å². The van der Waals surface area contributed by atoms with Crippen molar-refractivity contribution in [1.29, 1.82) is 0 Å². The molecule has 4 nitrogen and oxygen atoms in total. The fourth-order valence-electron chi connectivity index (χ4n) is 4.57. The third-order valence-corrected chi connectivity index (χ3v) is 5.97. The molecule has 3 fully saturated rings. The molecule has 0 aromatic heterocycles. The summed E-state index contributed by atoms with van der Waals surface area (Å²) >= 11 is 0. The van der Waals surface area contributed by atoms with Gasteiger partial charge in [0.1, 0.15) is 0 Å². The Morgan fingerprint density at radius 3 is 2.41 bits per heavy atom. The van der Waals surface area contributed by atoms with Crippen molar-refractivity contribution < 1.29 is 9.53 Å². The third kappa shape index (κ3) is 3.83. The van der Waals surface area contributed by atoms with E-state index in [1.54, 1.807) is 0 Å². The number of amides is 1. The molecule has 1 atom stereocenters. The van der Waals surface area contributed by atoms with Crippen molar-refractivity contribution in [2.75, 3.05) is 45.9 Å². The second kappa shape index (κ2) is 7.31. The van der Waals surface area contributed by atoms with Crippen LogP contribution < -0.4 is 0 Å². The minimum atomic E-state index is 0.124. The van der Waals surface area contributed by atoms with Gasteiger partial charge in [0.05, 0.1) is 13.2 Å². The standard InChI is InChI=1S/C18H32N2O2/c1-16(14-19-10-12-22-13-11-19)17(21)20-9-8-18(15-20)6-4-2-3-5-7-18/h16H,2-15H2,1H3/t16-/m1/s1. The highest BCUT2D eigenvalue weighted by Crippen LogP contribution is 2.42. The van der Waals surface area contributed by atoms with Crippen molar-refractivity contribution in [2.24, 2.45) is 11.3 Å². The van der Waals surface area contributed by atoms with Gasteiger partial charge in [-0.25, -0.2) is 0 Å². The Morgan fingerprint density at radius 2 is 1.73 bits per heavy atom. The molecule has 3 aliphatic rings. The van der Waals surface area contributed by atoms with E-state index in [-0.39, 0.29) is 5.92 Å². The van der Waals surface area contributed by atoms with E-state index in [4.69, 9.17) is 4.74 Å². The summed E-state index contributed by atoms with van der Waals surface area (Å²) in [6.45, 7) is 8.59. The molecule has 1 saturated carbocycles. The highest BCUT2D eigenvalue weighted by molar-refractivity contribution is 5.79. The Morgan fingerprint density at radius 1 is 1.05 bits per heavy atom. The van der Waals surface area contributed by atoms with Crippen molar-refractivity contribution in [3.63, 3.8) is 0 Å². The molecule has 0 N–H and O–H groups in total. The summed E-state index contributed by atoms with van der Waals surface area (Å²) in [5.41, 5.74) is 0.463. The topological polar surface area (TPSA) is 32.8 Å². The molecule has 3 rings (SSSR count). The van der Waals surface area contributed by atoms with Crippen molar-refractivity contribution in [3.05, 3.63) is 0 Å². The zero-order chi connectivity index (χ0) is 15.4. The number of carbonyl (C=O) groups is 1. The van der Waals surface area contributed by atoms with E-state index in [0.717, 1.165) is 45.9 Å². The zero-order valence-corrected chi connectivity index (χ0v) is 14.2. The largest absolute Gasteiger partial charge is 0.379 e. The van der Waals surface area contributed by atoms with Crippen LogP contribution >= 0.6 is 0 Å². The van der Waals surface area contributed by atoms with Gasteiger partial charge in [-0.2, -0.15) is 0 Å². The number of carbonyl (C=O) groups excluding carboxylic acids is 1. The van der Waals surface area contributed by atoms with Crippen molar-refractivity contribution >= 4 is 5.91 Å². The first-order valence-corrected chi connectivity index (χ1v) is 9.27. The van der Waals surface area contributed by atoms with E-state index in [1.807, 2.05) is 0 Å². The van der Waals surface area contributed by atoms with Crippen molar-refractivity contribution in [3.8, 4) is 0 Å². The summed E-state index contributed by atoms with van der Waals surface area (Å²) in [6, 6.07) is 0. The highest BCUT2D eigenvalue weighted by atomic mass is 16.5. The van der Waals surface area contributed by atoms with E-state index in [0.29, 0.717) is 11.3 Å². The average molecular weight is 308 g/mol. The minimum Gasteiger partial charge on any atom is -0.379 e. The van der Waals surface area contributed by atoms with Gasteiger partial charge >= 0.3 is 0 Å². The smallest absolute Gasteiger partial charge is 0.226 e. The van der Waals surface area contributed by atoms with Crippen LogP contribution in [0, 0.1) is 11.3 Å². The van der Waals surface area contributed by atoms with Crippen molar-refractivity contribution in [2.45, 2.75) is 51.9 Å². The Hall–Kier alpha value is -0.610. The van der Waals surface area contributed by atoms with Crippen LogP contribution in [0.2, 0.25) is 0 Å². The summed E-state index contributed by atoms with van der Waals surface area (Å²) < 4.78 is 5.39. The number of nitrogens with zero attached hydrogens (tertiary/aromatic N) is 2. The molecule has 1 amide bonds. The van der Waals surface area contributed by atoms with Crippen LogP contribution in [0.3, 0.4) is 0 Å². The molecule has 2 heterocycles. The molecule has 1 spiro atoms. The van der Waals surface area contributed by atoms with Gasteiger partial charge in [-0.15, -0.1) is 0 Å². The predicted molar refractivity (Wildman–Crippen MR) is 87.8 cm³/mol. The molecule has 0 aromatic rings. The van der Waals surface area contributed by atoms with Gasteiger partial charge in [0.2, 0.25) is 5.91 Å². The predicted octanol–water partition coefficient (Wildman–Crippen LogP) is 2.53.